The number of amides is 2. The van der Waals surface area contributed by atoms with Crippen LogP contribution < -0.4 is 16.1 Å². The number of carbonyl (C=O) groups is 2. The van der Waals surface area contributed by atoms with E-state index in [9.17, 15) is 9.59 Å². The van der Waals surface area contributed by atoms with Crippen LogP contribution in [0.5, 0.6) is 0 Å². The summed E-state index contributed by atoms with van der Waals surface area (Å²) < 4.78 is 10.7. The molecule has 0 fully saturated rings. The molecule has 10 nitrogen and oxygen atoms in total. The smallest absolute Gasteiger partial charge is 0.232 e. The second-order valence-corrected chi connectivity index (χ2v) is 5.00. The minimum Gasteiger partial charge on any atom is -0.353 e. The Hall–Kier alpha value is -2.01. The molecule has 3 N–H and O–H groups in total. The molecule has 0 aliphatic heterocycles. The van der Waals surface area contributed by atoms with Crippen molar-refractivity contribution >= 4 is 41.9 Å². The van der Waals surface area contributed by atoms with E-state index in [0.717, 1.165) is 0 Å². The van der Waals surface area contributed by atoms with E-state index in [0.29, 0.717) is 19.2 Å². The number of nitrogens with zero attached hydrogens (tertiary/aromatic N) is 2. The van der Waals surface area contributed by atoms with Crippen molar-refractivity contribution in [2.75, 3.05) is 22.9 Å². The van der Waals surface area contributed by atoms with Crippen molar-refractivity contribution < 1.29 is 23.9 Å². The molecule has 11 heteroatoms. The average molecular weight is 362 g/mol. The predicted molar refractivity (Wildman–Crippen MR) is 87.4 cm³/mol. The normalized spacial score (nSPS) is 11.9. The van der Waals surface area contributed by atoms with Crippen molar-refractivity contribution in [2.24, 2.45) is 0 Å². The van der Waals surface area contributed by atoms with Crippen LogP contribution in [0, 0.1) is 0 Å². The largest absolute Gasteiger partial charge is 0.353 e. The van der Waals surface area contributed by atoms with Gasteiger partial charge in [0.2, 0.25) is 18.8 Å². The second kappa shape index (κ2) is 10.7. The minimum absolute atomic E-state index is 0.0245. The molecule has 0 aliphatic rings. The Balaban J connectivity index is 2.78. The van der Waals surface area contributed by atoms with Gasteiger partial charge >= 0.3 is 0 Å². The van der Waals surface area contributed by atoms with E-state index in [4.69, 9.17) is 25.9 Å². The SMILES string of the molecule is CCC(OCOC(C)C)ONc1nc(NC=O)nc(Cl)c1NC=O. The van der Waals surface area contributed by atoms with Crippen LogP contribution in [0.2, 0.25) is 5.15 Å². The fourth-order valence-corrected chi connectivity index (χ4v) is 1.64. The molecule has 0 bridgehead atoms. The van der Waals surface area contributed by atoms with Crippen LogP contribution in [0.4, 0.5) is 17.5 Å². The van der Waals surface area contributed by atoms with Crippen LogP contribution in [0.1, 0.15) is 27.2 Å². The molecule has 1 rings (SSSR count). The molecule has 24 heavy (non-hydrogen) atoms. The van der Waals surface area contributed by atoms with Crippen molar-refractivity contribution in [3.63, 3.8) is 0 Å². The van der Waals surface area contributed by atoms with Crippen LogP contribution in [-0.4, -0.2) is 42.0 Å². The molecule has 0 spiro atoms. The average Bonchev–Trinajstić information content (AvgIpc) is 2.53. The molecule has 0 aromatic carbocycles. The molecule has 1 aromatic heterocycles. The molecule has 0 saturated heterocycles. The zero-order chi connectivity index (χ0) is 17.9. The van der Waals surface area contributed by atoms with Gasteiger partial charge in [-0.25, -0.2) is 10.3 Å². The molecule has 0 radical (unpaired) electrons. The summed E-state index contributed by atoms with van der Waals surface area (Å²) in [6.07, 6.45) is 0.709. The maximum Gasteiger partial charge on any atom is 0.232 e. The Morgan fingerprint density at radius 3 is 2.46 bits per heavy atom. The number of carbonyl (C=O) groups excluding carboxylic acids is 2. The molecule has 1 atom stereocenters. The first-order chi connectivity index (χ1) is 11.5. The highest BCUT2D eigenvalue weighted by Gasteiger charge is 2.15. The van der Waals surface area contributed by atoms with Crippen LogP contribution in [0.3, 0.4) is 0 Å². The lowest BCUT2D eigenvalue weighted by atomic mass is 10.4. The van der Waals surface area contributed by atoms with Crippen molar-refractivity contribution in [1.29, 1.82) is 0 Å². The van der Waals surface area contributed by atoms with Gasteiger partial charge in [0.15, 0.2) is 17.3 Å². The van der Waals surface area contributed by atoms with Gasteiger partial charge in [-0.05, 0) is 20.3 Å². The van der Waals surface area contributed by atoms with Crippen LogP contribution >= 0.6 is 11.6 Å². The molecule has 1 unspecified atom stereocenters. The third kappa shape index (κ3) is 6.62. The van der Waals surface area contributed by atoms with Gasteiger partial charge in [-0.1, -0.05) is 18.5 Å². The standard InChI is InChI=1S/C13H20ClN5O5/c1-4-9(23-7-22-8(2)3)24-19-12-10(15-5-20)11(14)17-13(18-12)16-6-21/h5-6,8-9H,4,7H2,1-3H3,(H,15,20)(H2,16,17,18,19,21). The molecular formula is C13H20ClN5O5. The highest BCUT2D eigenvalue weighted by Crippen LogP contribution is 2.28. The van der Waals surface area contributed by atoms with Gasteiger partial charge in [-0.2, -0.15) is 9.97 Å². The lowest BCUT2D eigenvalue weighted by Crippen LogP contribution is -2.23. The third-order valence-corrected chi connectivity index (χ3v) is 2.81. The highest BCUT2D eigenvalue weighted by atomic mass is 35.5. The third-order valence-electron chi connectivity index (χ3n) is 2.53. The first-order valence-corrected chi connectivity index (χ1v) is 7.52. The maximum atomic E-state index is 10.7. The van der Waals surface area contributed by atoms with Crippen LogP contribution in [-0.2, 0) is 23.9 Å². The van der Waals surface area contributed by atoms with E-state index in [-0.39, 0.29) is 35.5 Å². The summed E-state index contributed by atoms with van der Waals surface area (Å²) >= 11 is 5.94. The zero-order valence-electron chi connectivity index (χ0n) is 13.5. The Bertz CT molecular complexity index is 546. The zero-order valence-corrected chi connectivity index (χ0v) is 14.3. The Morgan fingerprint density at radius 2 is 1.88 bits per heavy atom. The van der Waals surface area contributed by atoms with E-state index in [1.807, 2.05) is 20.8 Å². The van der Waals surface area contributed by atoms with Gasteiger partial charge in [0.05, 0.1) is 6.10 Å². The molecule has 1 aromatic rings. The van der Waals surface area contributed by atoms with E-state index in [2.05, 4.69) is 26.1 Å². The van der Waals surface area contributed by atoms with Gasteiger partial charge in [0.25, 0.3) is 0 Å². The summed E-state index contributed by atoms with van der Waals surface area (Å²) in [6.45, 7) is 5.66. The van der Waals surface area contributed by atoms with Crippen molar-refractivity contribution in [3.8, 4) is 0 Å². The monoisotopic (exact) mass is 361 g/mol. The summed E-state index contributed by atoms with van der Waals surface area (Å²) in [4.78, 5) is 34.3. The lowest BCUT2D eigenvalue weighted by molar-refractivity contribution is -0.193. The second-order valence-electron chi connectivity index (χ2n) is 4.64. The van der Waals surface area contributed by atoms with Gasteiger partial charge in [-0.15, -0.1) is 0 Å². The molecule has 2 amide bonds. The van der Waals surface area contributed by atoms with Gasteiger partial charge < -0.3 is 14.8 Å². The van der Waals surface area contributed by atoms with E-state index >= 15 is 0 Å². The van der Waals surface area contributed by atoms with E-state index < -0.39 is 6.29 Å². The van der Waals surface area contributed by atoms with Crippen molar-refractivity contribution in [1.82, 2.24) is 9.97 Å². The lowest BCUT2D eigenvalue weighted by Gasteiger charge is -2.19. The number of aromatic nitrogens is 2. The Morgan fingerprint density at radius 1 is 1.17 bits per heavy atom. The Labute approximate surface area is 144 Å². The quantitative estimate of drug-likeness (QED) is 0.222. The first kappa shape index (κ1) is 20.0. The highest BCUT2D eigenvalue weighted by molar-refractivity contribution is 6.33. The topological polar surface area (TPSA) is 124 Å². The number of hydrogen-bond acceptors (Lipinski definition) is 8. The van der Waals surface area contributed by atoms with E-state index in [1.165, 1.54) is 0 Å². The van der Waals surface area contributed by atoms with Crippen LogP contribution in [0.25, 0.3) is 0 Å². The first-order valence-electron chi connectivity index (χ1n) is 7.14. The summed E-state index contributed by atoms with van der Waals surface area (Å²) in [6, 6.07) is 0. The number of rotatable bonds is 12. The molecule has 0 aliphatic carbocycles. The predicted octanol–water partition coefficient (Wildman–Crippen LogP) is 1.75. The van der Waals surface area contributed by atoms with Crippen molar-refractivity contribution in [2.45, 2.75) is 39.6 Å². The molecule has 0 saturated carbocycles. The Kier molecular flexibility index (Phi) is 8.94. The molecule has 134 valence electrons. The summed E-state index contributed by atoms with van der Waals surface area (Å²) in [5.41, 5.74) is 2.63. The fraction of sp³-hybridized carbons (Fsp3) is 0.538. The van der Waals surface area contributed by atoms with Crippen molar-refractivity contribution in [3.05, 3.63) is 5.15 Å². The molecule has 1 heterocycles. The molecular weight excluding hydrogens is 342 g/mol. The number of ether oxygens (including phenoxy) is 2. The summed E-state index contributed by atoms with van der Waals surface area (Å²) in [5.74, 6) is -0.00654. The summed E-state index contributed by atoms with van der Waals surface area (Å²) in [7, 11) is 0. The number of hydrogen-bond donors (Lipinski definition) is 3. The summed E-state index contributed by atoms with van der Waals surface area (Å²) in [5, 5.41) is 4.53. The number of nitrogens with one attached hydrogen (secondary N) is 3. The van der Waals surface area contributed by atoms with Gasteiger partial charge in [-0.3, -0.25) is 14.9 Å². The fourth-order valence-electron chi connectivity index (χ4n) is 1.42. The number of halogens is 1. The maximum absolute atomic E-state index is 10.7. The van der Waals surface area contributed by atoms with Gasteiger partial charge in [0, 0.05) is 0 Å². The number of anilines is 3. The van der Waals surface area contributed by atoms with E-state index in [1.54, 1.807) is 0 Å². The van der Waals surface area contributed by atoms with Gasteiger partial charge in [0.1, 0.15) is 12.5 Å². The van der Waals surface area contributed by atoms with Crippen LogP contribution in [0.15, 0.2) is 0 Å². The minimum atomic E-state index is -0.635.